The predicted molar refractivity (Wildman–Crippen MR) is 66.7 cm³/mol. The Morgan fingerprint density at radius 3 is 2.60 bits per heavy atom. The quantitative estimate of drug-likeness (QED) is 0.289. The Labute approximate surface area is 101 Å². The van der Waals surface area contributed by atoms with Gasteiger partial charge in [0.1, 0.15) is 3.55 Å². The minimum Gasteiger partial charge on any atom is -0.330 e. The van der Waals surface area contributed by atoms with Crippen LogP contribution in [0.25, 0.3) is 0 Å². The van der Waals surface area contributed by atoms with E-state index in [-0.39, 0.29) is 5.69 Å². The first kappa shape index (κ1) is 12.3. The number of nitro groups is 1. The Balaban J connectivity index is 3.18. The highest BCUT2D eigenvalue weighted by Gasteiger charge is 2.29. The van der Waals surface area contributed by atoms with Crippen LogP contribution in [0.1, 0.15) is 12.0 Å². The average molecular weight is 321 g/mol. The minimum atomic E-state index is -0.782. The Kier molecular flexibility index (Phi) is 4.00. The molecule has 0 amide bonds. The van der Waals surface area contributed by atoms with Crippen LogP contribution in [0.15, 0.2) is 24.3 Å². The fourth-order valence-corrected chi connectivity index (χ4v) is 2.10. The molecule has 0 radical (unpaired) electrons. The zero-order valence-electron chi connectivity index (χ0n) is 8.02. The van der Waals surface area contributed by atoms with Crippen molar-refractivity contribution >= 4 is 28.3 Å². The molecule has 0 saturated heterocycles. The van der Waals surface area contributed by atoms with Gasteiger partial charge >= 0.3 is 0 Å². The van der Waals surface area contributed by atoms with Crippen molar-refractivity contribution in [3.8, 4) is 0 Å². The lowest BCUT2D eigenvalue weighted by Crippen LogP contribution is -2.32. The summed E-state index contributed by atoms with van der Waals surface area (Å²) in [4.78, 5) is 10.4. The summed E-state index contributed by atoms with van der Waals surface area (Å²) in [7, 11) is 0. The highest BCUT2D eigenvalue weighted by molar-refractivity contribution is 14.1. The Morgan fingerprint density at radius 2 is 2.07 bits per heavy atom. The van der Waals surface area contributed by atoms with Gasteiger partial charge in [-0.1, -0.05) is 34.7 Å². The largest absolute Gasteiger partial charge is 0.330 e. The van der Waals surface area contributed by atoms with E-state index in [9.17, 15) is 10.1 Å². The van der Waals surface area contributed by atoms with Crippen molar-refractivity contribution in [2.75, 3.05) is 6.54 Å². The van der Waals surface area contributed by atoms with Gasteiger partial charge in [0.25, 0.3) is 5.69 Å². The lowest BCUT2D eigenvalue weighted by molar-refractivity contribution is -0.385. The van der Waals surface area contributed by atoms with Crippen LogP contribution in [0.3, 0.4) is 0 Å². The maximum absolute atomic E-state index is 10.8. The number of halogens is 1. The first-order chi connectivity index (χ1) is 6.99. The second kappa shape index (κ2) is 4.86. The van der Waals surface area contributed by atoms with E-state index in [1.165, 1.54) is 6.07 Å². The molecule has 0 saturated carbocycles. The number of benzene rings is 1. The number of nitrogens with two attached hydrogens (primary N) is 2. The fraction of sp³-hybridized carbons (Fsp3) is 0.333. The van der Waals surface area contributed by atoms with Crippen molar-refractivity contribution in [1.29, 1.82) is 0 Å². The summed E-state index contributed by atoms with van der Waals surface area (Å²) in [5, 5.41) is 10.8. The van der Waals surface area contributed by atoms with E-state index in [0.717, 1.165) is 0 Å². The van der Waals surface area contributed by atoms with Crippen LogP contribution in [-0.4, -0.2) is 11.5 Å². The number of hydrogen-bond donors (Lipinski definition) is 2. The number of alkyl halides is 1. The summed E-state index contributed by atoms with van der Waals surface area (Å²) >= 11 is 1.99. The number of rotatable bonds is 4. The number of hydrogen-bond acceptors (Lipinski definition) is 4. The van der Waals surface area contributed by atoms with Gasteiger partial charge in [-0.2, -0.15) is 0 Å². The van der Waals surface area contributed by atoms with Gasteiger partial charge in [0.15, 0.2) is 0 Å². The van der Waals surface area contributed by atoms with Crippen LogP contribution in [0.5, 0.6) is 0 Å². The van der Waals surface area contributed by atoms with Crippen molar-refractivity contribution in [2.45, 2.75) is 9.97 Å². The highest BCUT2D eigenvalue weighted by Crippen LogP contribution is 2.35. The van der Waals surface area contributed by atoms with E-state index in [4.69, 9.17) is 11.5 Å². The van der Waals surface area contributed by atoms with Gasteiger partial charge in [0, 0.05) is 6.07 Å². The summed E-state index contributed by atoms with van der Waals surface area (Å²) in [6.07, 6.45) is 0.498. The van der Waals surface area contributed by atoms with Gasteiger partial charge in [-0.05, 0) is 19.0 Å². The van der Waals surface area contributed by atoms with Gasteiger partial charge < -0.3 is 11.5 Å². The summed E-state index contributed by atoms with van der Waals surface area (Å²) < 4.78 is -0.782. The molecule has 0 bridgehead atoms. The van der Waals surface area contributed by atoms with Crippen LogP contribution < -0.4 is 11.5 Å². The molecule has 1 rings (SSSR count). The second-order valence-electron chi connectivity index (χ2n) is 3.18. The topological polar surface area (TPSA) is 95.2 Å². The van der Waals surface area contributed by atoms with Crippen LogP contribution in [0.4, 0.5) is 5.69 Å². The highest BCUT2D eigenvalue weighted by atomic mass is 127. The molecule has 0 aromatic heterocycles. The van der Waals surface area contributed by atoms with Crippen molar-refractivity contribution in [3.05, 3.63) is 39.9 Å². The molecule has 5 nitrogen and oxygen atoms in total. The van der Waals surface area contributed by atoms with E-state index in [0.29, 0.717) is 18.5 Å². The third-order valence-corrected chi connectivity index (χ3v) is 3.18. The molecule has 0 spiro atoms. The molecule has 0 heterocycles. The zero-order valence-corrected chi connectivity index (χ0v) is 10.2. The lowest BCUT2D eigenvalue weighted by Gasteiger charge is -2.21. The average Bonchev–Trinajstić information content (AvgIpc) is 2.17. The van der Waals surface area contributed by atoms with Gasteiger partial charge in [-0.3, -0.25) is 10.1 Å². The van der Waals surface area contributed by atoms with Gasteiger partial charge in [0.2, 0.25) is 0 Å². The molecule has 82 valence electrons. The molecular formula is C9H12IN3O2. The molecule has 4 N–H and O–H groups in total. The lowest BCUT2D eigenvalue weighted by atomic mass is 10.0. The SMILES string of the molecule is NCCC(N)(I)c1ccccc1[N+](=O)[O-]. The molecule has 1 unspecified atom stereocenters. The van der Waals surface area contributed by atoms with Crippen LogP contribution in [0, 0.1) is 10.1 Å². The molecular weight excluding hydrogens is 309 g/mol. The molecule has 1 aromatic carbocycles. The summed E-state index contributed by atoms with van der Waals surface area (Å²) in [6, 6.07) is 6.47. The second-order valence-corrected chi connectivity index (χ2v) is 5.10. The van der Waals surface area contributed by atoms with Crippen molar-refractivity contribution < 1.29 is 4.92 Å². The number of para-hydroxylation sites is 1. The molecule has 0 aliphatic carbocycles. The number of nitro benzene ring substituents is 1. The Hall–Kier alpha value is -0.730. The first-order valence-corrected chi connectivity index (χ1v) is 5.48. The van der Waals surface area contributed by atoms with Gasteiger partial charge in [-0.15, -0.1) is 0 Å². The third-order valence-electron chi connectivity index (χ3n) is 2.06. The van der Waals surface area contributed by atoms with E-state index in [1.54, 1.807) is 18.2 Å². The maximum atomic E-state index is 10.8. The van der Waals surface area contributed by atoms with Crippen molar-refractivity contribution in [1.82, 2.24) is 0 Å². The normalized spacial score (nSPS) is 14.6. The number of nitrogens with zero attached hydrogens (tertiary/aromatic N) is 1. The van der Waals surface area contributed by atoms with E-state index >= 15 is 0 Å². The van der Waals surface area contributed by atoms with Crippen molar-refractivity contribution in [3.63, 3.8) is 0 Å². The first-order valence-electron chi connectivity index (χ1n) is 4.41. The summed E-state index contributed by atoms with van der Waals surface area (Å²) in [5.41, 5.74) is 12.0. The maximum Gasteiger partial charge on any atom is 0.275 e. The standard InChI is InChI=1S/C9H12IN3O2/c10-9(12,5-6-11)7-3-1-2-4-8(7)13(14)15/h1-4H,5-6,11-12H2. The zero-order chi connectivity index (χ0) is 11.5. The van der Waals surface area contributed by atoms with Crippen LogP contribution in [-0.2, 0) is 3.55 Å². The van der Waals surface area contributed by atoms with Gasteiger partial charge in [-0.25, -0.2) is 0 Å². The molecule has 1 aromatic rings. The van der Waals surface area contributed by atoms with E-state index < -0.39 is 8.47 Å². The smallest absolute Gasteiger partial charge is 0.275 e. The van der Waals surface area contributed by atoms with Crippen LogP contribution in [0.2, 0.25) is 0 Å². The third kappa shape index (κ3) is 2.86. The van der Waals surface area contributed by atoms with Crippen molar-refractivity contribution in [2.24, 2.45) is 11.5 Å². The summed E-state index contributed by atoms with van der Waals surface area (Å²) in [6.45, 7) is 0.394. The molecule has 6 heteroatoms. The molecule has 15 heavy (non-hydrogen) atoms. The Morgan fingerprint density at radius 1 is 1.47 bits per heavy atom. The monoisotopic (exact) mass is 321 g/mol. The van der Waals surface area contributed by atoms with Gasteiger partial charge in [0.05, 0.1) is 10.5 Å². The predicted octanol–water partition coefficient (Wildman–Crippen LogP) is 1.49. The minimum absolute atomic E-state index is 0.0443. The van der Waals surface area contributed by atoms with E-state index in [1.807, 2.05) is 22.6 Å². The van der Waals surface area contributed by atoms with E-state index in [2.05, 4.69) is 0 Å². The molecule has 0 fully saturated rings. The molecule has 0 aliphatic rings. The Bertz CT molecular complexity index is 368. The van der Waals surface area contributed by atoms with Crippen LogP contribution >= 0.6 is 22.6 Å². The summed E-state index contributed by atoms with van der Waals surface area (Å²) in [5.74, 6) is 0. The fourth-order valence-electron chi connectivity index (χ4n) is 1.33. The molecule has 1 atom stereocenters. The molecule has 0 aliphatic heterocycles.